The lowest BCUT2D eigenvalue weighted by atomic mass is 9.82. The maximum Gasteiger partial charge on any atom is 0.427 e. The van der Waals surface area contributed by atoms with Gasteiger partial charge in [0.15, 0.2) is 5.78 Å². The summed E-state index contributed by atoms with van der Waals surface area (Å²) in [6.45, 7) is 5.44. The summed E-state index contributed by atoms with van der Waals surface area (Å²) in [7, 11) is -2.92. The number of hydrogen-bond donors (Lipinski definition) is 1. The van der Waals surface area contributed by atoms with Crippen molar-refractivity contribution in [2.45, 2.75) is 121 Å². The van der Waals surface area contributed by atoms with Crippen LogP contribution in [0.5, 0.6) is 11.6 Å². The summed E-state index contributed by atoms with van der Waals surface area (Å²) in [5, 5.41) is 0. The van der Waals surface area contributed by atoms with E-state index in [0.29, 0.717) is 41.7 Å². The molecule has 2 aliphatic carbocycles. The normalized spacial score (nSPS) is 29.4. The van der Waals surface area contributed by atoms with E-state index in [1.807, 2.05) is 13.0 Å². The van der Waals surface area contributed by atoms with E-state index >= 15 is 0 Å². The van der Waals surface area contributed by atoms with E-state index in [9.17, 15) is 45.2 Å². The summed E-state index contributed by atoms with van der Waals surface area (Å²) in [5.74, 6) is -5.09. The second-order valence-corrected chi connectivity index (χ2v) is 19.5. The molecule has 0 bridgehead atoms. The summed E-state index contributed by atoms with van der Waals surface area (Å²) >= 11 is 0. The highest BCUT2D eigenvalue weighted by Crippen LogP contribution is 2.58. The number of rotatable bonds is 10. The van der Waals surface area contributed by atoms with Gasteiger partial charge in [-0.25, -0.2) is 22.8 Å². The van der Waals surface area contributed by atoms with E-state index in [1.54, 1.807) is 38.1 Å². The molecule has 4 aliphatic rings. The number of aryl methyl sites for hydroxylation is 1. The lowest BCUT2D eigenvalue weighted by Gasteiger charge is -2.33. The molecular formula is C41H52F4N4O9S. The third kappa shape index (κ3) is 9.07. The Morgan fingerprint density at radius 2 is 1.78 bits per heavy atom. The Morgan fingerprint density at radius 3 is 2.42 bits per heavy atom. The predicted molar refractivity (Wildman–Crippen MR) is 206 cm³/mol. The number of carbonyl (C=O) groups excluding carboxylic acids is 4. The van der Waals surface area contributed by atoms with Crippen LogP contribution in [-0.2, 0) is 33.9 Å². The molecule has 59 heavy (non-hydrogen) atoms. The van der Waals surface area contributed by atoms with E-state index in [4.69, 9.17) is 14.2 Å². The van der Waals surface area contributed by atoms with Gasteiger partial charge in [-0.1, -0.05) is 26.0 Å². The topological polar surface area (TPSA) is 171 Å². The molecule has 3 fully saturated rings. The van der Waals surface area contributed by atoms with Crippen LogP contribution in [0.15, 0.2) is 30.4 Å². The molecule has 2 aromatic rings. The van der Waals surface area contributed by atoms with E-state index in [-0.39, 0.29) is 44.0 Å². The molecule has 0 radical (unpaired) electrons. The van der Waals surface area contributed by atoms with Gasteiger partial charge in [0.1, 0.15) is 29.0 Å². The number of nitrogens with zero attached hydrogens (tertiary/aromatic N) is 3. The van der Waals surface area contributed by atoms with Crippen LogP contribution >= 0.6 is 0 Å². The Kier molecular flexibility index (Phi) is 12.2. The van der Waals surface area contributed by atoms with E-state index < -0.39 is 105 Å². The van der Waals surface area contributed by atoms with Crippen molar-refractivity contribution in [3.8, 4) is 11.6 Å². The van der Waals surface area contributed by atoms with Crippen LogP contribution in [0, 0.1) is 36.0 Å². The molecule has 2 amide bonds. The molecule has 1 aromatic carbocycles. The Hall–Kier alpha value is -4.35. The van der Waals surface area contributed by atoms with Crippen LogP contribution in [0.2, 0.25) is 0 Å². The van der Waals surface area contributed by atoms with E-state index in [0.717, 1.165) is 13.8 Å². The molecule has 324 valence electrons. The third-order valence-corrected chi connectivity index (χ3v) is 14.6. The van der Waals surface area contributed by atoms with Crippen LogP contribution in [0.3, 0.4) is 0 Å². The Morgan fingerprint density at radius 1 is 1.07 bits per heavy atom. The molecule has 1 N–H and O–H groups in total. The number of esters is 1. The number of amides is 2. The standard InChI is InChI=1S/C41H52F4N4O9S/c1-23-9-7-8-10-26-19-40(26,37(53)48-59(54,55)39(22-42)13-14-39)20-33(50)32-17-28(57-35-25(3)46-30-12-11-27(56-6)16-31(30)47-35)21-49(32)36(52)29(24(2)15-23)18-34(51)58-38(4,5)41(43,44)45/h8,10-12,16,23-24,26,28-29,32H,7,9,13-15,17-22H2,1-6H3,(H,48,53)/b10-8-/t23-,24-,26-,28-,29+,32+,40-/m1/s1. The van der Waals surface area contributed by atoms with Gasteiger partial charge >= 0.3 is 12.1 Å². The molecule has 3 heterocycles. The molecule has 0 spiro atoms. The molecule has 6 rings (SSSR count). The molecule has 1 aromatic heterocycles. The highest BCUT2D eigenvalue weighted by molar-refractivity contribution is 7.91. The first-order valence-electron chi connectivity index (χ1n) is 20.0. The van der Waals surface area contributed by atoms with Crippen molar-refractivity contribution in [3.05, 3.63) is 36.0 Å². The number of nitrogens with one attached hydrogen (secondary N) is 1. The summed E-state index contributed by atoms with van der Waals surface area (Å²) < 4.78 is 98.5. The highest BCUT2D eigenvalue weighted by atomic mass is 32.2. The average molecular weight is 853 g/mol. The fourth-order valence-corrected chi connectivity index (χ4v) is 9.75. The summed E-state index contributed by atoms with van der Waals surface area (Å²) in [6, 6.07) is 3.87. The second-order valence-electron chi connectivity index (χ2n) is 17.4. The number of ether oxygens (including phenoxy) is 3. The van der Waals surface area contributed by atoms with Crippen molar-refractivity contribution in [2.75, 3.05) is 20.3 Å². The zero-order chi connectivity index (χ0) is 43.3. The first kappa shape index (κ1) is 44.2. The summed E-state index contributed by atoms with van der Waals surface area (Å²) in [4.78, 5) is 67.1. The number of benzene rings is 1. The molecule has 2 saturated carbocycles. The predicted octanol–water partition coefficient (Wildman–Crippen LogP) is 6.11. The Bertz CT molecular complexity index is 2130. The molecule has 13 nitrogen and oxygen atoms in total. The van der Waals surface area contributed by atoms with Gasteiger partial charge in [0.2, 0.25) is 33.3 Å². The van der Waals surface area contributed by atoms with Crippen molar-refractivity contribution >= 4 is 44.6 Å². The maximum absolute atomic E-state index is 14.8. The van der Waals surface area contributed by atoms with Crippen LogP contribution in [0.25, 0.3) is 11.0 Å². The molecular weight excluding hydrogens is 801 g/mol. The van der Waals surface area contributed by atoms with Gasteiger partial charge in [0.25, 0.3) is 0 Å². The molecule has 2 aliphatic heterocycles. The van der Waals surface area contributed by atoms with E-state index in [1.165, 1.54) is 12.0 Å². The Labute approximate surface area is 341 Å². The highest BCUT2D eigenvalue weighted by Gasteiger charge is 2.63. The largest absolute Gasteiger partial charge is 0.497 e. The number of Topliss-reactive ketones (excluding diaryl/α,β-unsaturated/α-hetero) is 1. The van der Waals surface area contributed by atoms with Gasteiger partial charge in [-0.15, -0.1) is 0 Å². The molecule has 7 atom stereocenters. The quantitative estimate of drug-likeness (QED) is 0.166. The van der Waals surface area contributed by atoms with Crippen LogP contribution in [-0.4, -0.2) is 95.9 Å². The number of fused-ring (bicyclic) bond motifs is 3. The zero-order valence-corrected chi connectivity index (χ0v) is 34.9. The van der Waals surface area contributed by atoms with Crippen LogP contribution in [0.4, 0.5) is 17.6 Å². The van der Waals surface area contributed by atoms with Crippen molar-refractivity contribution in [2.24, 2.45) is 29.1 Å². The Balaban J connectivity index is 1.35. The average Bonchev–Trinajstić information content (AvgIpc) is 4.06. The minimum atomic E-state index is -4.89. The first-order chi connectivity index (χ1) is 27.5. The molecule has 18 heteroatoms. The minimum absolute atomic E-state index is 0.0225. The van der Waals surface area contributed by atoms with Crippen molar-refractivity contribution in [3.63, 3.8) is 0 Å². The zero-order valence-electron chi connectivity index (χ0n) is 34.1. The molecule has 0 unspecified atom stereocenters. The number of halogens is 4. The van der Waals surface area contributed by atoms with Crippen molar-refractivity contribution in [1.82, 2.24) is 19.6 Å². The number of carbonyl (C=O) groups is 4. The van der Waals surface area contributed by atoms with Crippen molar-refractivity contribution < 1.29 is 59.4 Å². The van der Waals surface area contributed by atoms with Gasteiger partial charge in [-0.2, -0.15) is 13.2 Å². The fraction of sp³-hybridized carbons (Fsp3) is 0.659. The smallest absolute Gasteiger partial charge is 0.427 e. The number of sulfonamides is 1. The van der Waals surface area contributed by atoms with Gasteiger partial charge in [0.05, 0.1) is 48.5 Å². The van der Waals surface area contributed by atoms with Crippen molar-refractivity contribution in [1.29, 1.82) is 0 Å². The SMILES string of the molecule is COc1ccc2nc(C)c(O[C@@H]3C[C@H]4C(=O)C[C@]5(C(=O)NS(=O)(=O)C6(CF)CC6)C[C@H]5/C=C\CC[C@@H](C)C[C@@H](C)[C@H](CC(=O)OC(C)(C)C(F)(F)F)C(=O)N4C3)nc2c1. The minimum Gasteiger partial charge on any atom is -0.497 e. The lowest BCUT2D eigenvalue weighted by molar-refractivity contribution is -0.257. The first-order valence-corrected chi connectivity index (χ1v) is 21.4. The fourth-order valence-electron chi connectivity index (χ4n) is 8.31. The van der Waals surface area contributed by atoms with Gasteiger partial charge in [-0.3, -0.25) is 23.9 Å². The summed E-state index contributed by atoms with van der Waals surface area (Å²) in [5.41, 5.74) is -2.93. The second kappa shape index (κ2) is 16.3. The van der Waals surface area contributed by atoms with E-state index in [2.05, 4.69) is 14.7 Å². The summed E-state index contributed by atoms with van der Waals surface area (Å²) in [6.07, 6.45) is -1.57. The number of aromatic nitrogens is 2. The lowest BCUT2D eigenvalue weighted by Crippen LogP contribution is -2.49. The maximum atomic E-state index is 14.8. The molecule has 1 saturated heterocycles. The van der Waals surface area contributed by atoms with Gasteiger partial charge in [0, 0.05) is 18.9 Å². The number of methoxy groups -OCH3 is 1. The van der Waals surface area contributed by atoms with Gasteiger partial charge < -0.3 is 19.1 Å². The number of hydrogen-bond acceptors (Lipinski definition) is 11. The monoisotopic (exact) mass is 852 g/mol. The number of allylic oxidation sites excluding steroid dienone is 2. The number of alkyl halides is 4. The van der Waals surface area contributed by atoms with Crippen LogP contribution < -0.4 is 14.2 Å². The third-order valence-electron chi connectivity index (χ3n) is 12.5. The number of ketones is 1. The van der Waals surface area contributed by atoms with Crippen LogP contribution in [0.1, 0.15) is 91.2 Å². The van der Waals surface area contributed by atoms with Gasteiger partial charge in [-0.05, 0) is 89.2 Å².